The zero-order valence-corrected chi connectivity index (χ0v) is 22.6. The number of methoxy groups -OCH3 is 1. The number of furan rings is 1. The topological polar surface area (TPSA) is 121 Å². The van der Waals surface area contributed by atoms with Gasteiger partial charge < -0.3 is 29.5 Å². The van der Waals surface area contributed by atoms with Crippen LogP contribution < -0.4 is 15.6 Å². The van der Waals surface area contributed by atoms with Gasteiger partial charge in [-0.05, 0) is 60.6 Å². The molecule has 0 radical (unpaired) electrons. The molecule has 38 heavy (non-hydrogen) atoms. The maximum absolute atomic E-state index is 12.8. The Kier molecular flexibility index (Phi) is 6.73. The van der Waals surface area contributed by atoms with Crippen molar-refractivity contribution in [3.8, 4) is 17.1 Å². The minimum absolute atomic E-state index is 0.0386. The zero-order chi connectivity index (χ0) is 27.2. The van der Waals surface area contributed by atoms with Gasteiger partial charge in [0.2, 0.25) is 5.58 Å². The highest BCUT2D eigenvalue weighted by atomic mass is 35.5. The van der Waals surface area contributed by atoms with E-state index >= 15 is 0 Å². The van der Waals surface area contributed by atoms with Crippen molar-refractivity contribution in [3.63, 3.8) is 0 Å². The molecule has 1 fully saturated rings. The number of nitrogens with one attached hydrogen (secondary N) is 2. The van der Waals surface area contributed by atoms with Gasteiger partial charge in [-0.1, -0.05) is 32.4 Å². The monoisotopic (exact) mass is 538 g/mol. The Bertz CT molecular complexity index is 1570. The highest BCUT2D eigenvalue weighted by molar-refractivity contribution is 6.33. The van der Waals surface area contributed by atoms with Gasteiger partial charge in [0.1, 0.15) is 22.7 Å². The summed E-state index contributed by atoms with van der Waals surface area (Å²) in [4.78, 5) is 33.5. The van der Waals surface area contributed by atoms with Crippen LogP contribution in [0.5, 0.6) is 5.75 Å². The second-order valence-electron chi connectivity index (χ2n) is 10.9. The first-order valence-electron chi connectivity index (χ1n) is 12.6. The number of H-pyrrole nitrogens is 1. The Labute approximate surface area is 224 Å². The number of amides is 1. The van der Waals surface area contributed by atoms with Crippen LogP contribution >= 0.6 is 11.6 Å². The van der Waals surface area contributed by atoms with Crippen molar-refractivity contribution in [1.82, 2.24) is 14.9 Å². The van der Waals surface area contributed by atoms with Gasteiger partial charge in [-0.25, -0.2) is 9.78 Å². The number of likely N-dealkylation sites (tertiary alicyclic amines) is 1. The molecule has 0 saturated carbocycles. The highest BCUT2D eigenvalue weighted by Gasteiger charge is 2.38. The van der Waals surface area contributed by atoms with E-state index in [1.54, 1.807) is 30.2 Å². The molecule has 2 unspecified atom stereocenters. The first-order valence-corrected chi connectivity index (χ1v) is 13.0. The van der Waals surface area contributed by atoms with Gasteiger partial charge in [-0.3, -0.25) is 4.79 Å². The van der Waals surface area contributed by atoms with E-state index in [-0.39, 0.29) is 22.6 Å². The van der Waals surface area contributed by atoms with E-state index in [1.807, 2.05) is 18.2 Å². The molecule has 5 rings (SSSR count). The Balaban J connectivity index is 1.36. The molecule has 1 amide bonds. The van der Waals surface area contributed by atoms with Crippen LogP contribution in [0.25, 0.3) is 33.5 Å². The number of nitrogens with zero attached hydrogens (tertiary/aromatic N) is 2. The molecule has 3 heterocycles. The highest BCUT2D eigenvalue weighted by Crippen LogP contribution is 2.36. The van der Waals surface area contributed by atoms with Crippen LogP contribution in [0, 0.1) is 11.3 Å². The van der Waals surface area contributed by atoms with E-state index in [1.165, 1.54) is 0 Å². The van der Waals surface area contributed by atoms with Gasteiger partial charge in [-0.2, -0.15) is 0 Å². The number of rotatable bonds is 5. The standard InChI is InChI=1S/C28H31ClN4O5/c1-28(2,3)22-11-15(9-10-33(22)27(35)36)14-30-16-5-7-18(20(29)12-16)25-31-23-19-13-17(37-4)6-8-21(19)38-24(23)26(34)32-25/h5-8,12-13,15,22,30H,9-11,14H2,1-4H3,(H,35,36)(H,31,32,34). The molecule has 0 aliphatic carbocycles. The molecule has 1 saturated heterocycles. The van der Waals surface area contributed by atoms with Crippen LogP contribution in [0.4, 0.5) is 10.5 Å². The number of carboxylic acid groups (broad SMARTS) is 1. The number of anilines is 1. The fourth-order valence-electron chi connectivity index (χ4n) is 5.24. The Hall–Kier alpha value is -3.72. The van der Waals surface area contributed by atoms with E-state index < -0.39 is 6.09 Å². The lowest BCUT2D eigenvalue weighted by molar-refractivity contribution is 0.0429. The van der Waals surface area contributed by atoms with Crippen LogP contribution in [0.15, 0.2) is 45.6 Å². The summed E-state index contributed by atoms with van der Waals surface area (Å²) in [5.41, 5.74) is 2.04. The van der Waals surface area contributed by atoms with Crippen molar-refractivity contribution in [3.05, 3.63) is 51.8 Å². The minimum Gasteiger partial charge on any atom is -0.497 e. The van der Waals surface area contributed by atoms with Crippen molar-refractivity contribution in [2.24, 2.45) is 11.3 Å². The summed E-state index contributed by atoms with van der Waals surface area (Å²) in [7, 11) is 1.58. The second kappa shape index (κ2) is 9.87. The molecule has 200 valence electrons. The Morgan fingerprint density at radius 1 is 1.29 bits per heavy atom. The maximum Gasteiger partial charge on any atom is 0.407 e. The van der Waals surface area contributed by atoms with Crippen molar-refractivity contribution >= 4 is 45.5 Å². The summed E-state index contributed by atoms with van der Waals surface area (Å²) >= 11 is 6.65. The van der Waals surface area contributed by atoms with Crippen LogP contribution in [-0.2, 0) is 0 Å². The number of aromatic nitrogens is 2. The fourth-order valence-corrected chi connectivity index (χ4v) is 5.51. The number of aromatic amines is 1. The Morgan fingerprint density at radius 2 is 2.08 bits per heavy atom. The number of piperidine rings is 1. The molecular formula is C28H31ClN4O5. The third-order valence-electron chi connectivity index (χ3n) is 7.31. The quantitative estimate of drug-likeness (QED) is 0.276. The van der Waals surface area contributed by atoms with Crippen LogP contribution in [-0.4, -0.2) is 52.3 Å². The molecule has 2 aromatic carbocycles. The van der Waals surface area contributed by atoms with Gasteiger partial charge in [0.05, 0.1) is 17.5 Å². The van der Waals surface area contributed by atoms with Crippen LogP contribution in [0.1, 0.15) is 33.6 Å². The van der Waals surface area contributed by atoms with Crippen LogP contribution in [0.2, 0.25) is 5.02 Å². The first kappa shape index (κ1) is 25.9. The largest absolute Gasteiger partial charge is 0.497 e. The van der Waals surface area contributed by atoms with Gasteiger partial charge in [0, 0.05) is 30.4 Å². The summed E-state index contributed by atoms with van der Waals surface area (Å²) in [6.07, 6.45) is 0.737. The molecular weight excluding hydrogens is 508 g/mol. The molecule has 4 aromatic rings. The van der Waals surface area contributed by atoms with Crippen molar-refractivity contribution < 1.29 is 19.1 Å². The number of hydrogen-bond donors (Lipinski definition) is 3. The SMILES string of the molecule is COc1ccc2oc3c(=O)[nH]c(-c4ccc(NCC5CCN(C(=O)O)C(C(C)(C)C)C5)cc4Cl)nc3c2c1. The average Bonchev–Trinajstić information content (AvgIpc) is 3.25. The normalized spacial score (nSPS) is 18.2. The third kappa shape index (κ3) is 4.90. The predicted octanol–water partition coefficient (Wildman–Crippen LogP) is 6.21. The summed E-state index contributed by atoms with van der Waals surface area (Å²) < 4.78 is 11.0. The van der Waals surface area contributed by atoms with Crippen molar-refractivity contribution in [2.75, 3.05) is 25.5 Å². The summed E-state index contributed by atoms with van der Waals surface area (Å²) in [6, 6.07) is 10.8. The first-order chi connectivity index (χ1) is 18.0. The van der Waals surface area contributed by atoms with Crippen molar-refractivity contribution in [2.45, 2.75) is 39.7 Å². The maximum atomic E-state index is 12.8. The molecule has 2 atom stereocenters. The van der Waals surface area contributed by atoms with E-state index in [9.17, 15) is 14.7 Å². The lowest BCUT2D eigenvalue weighted by atomic mass is 9.77. The molecule has 1 aliphatic rings. The molecule has 2 aromatic heterocycles. The van der Waals surface area contributed by atoms with Crippen molar-refractivity contribution in [1.29, 1.82) is 0 Å². The molecule has 3 N–H and O–H groups in total. The minimum atomic E-state index is -0.855. The lowest BCUT2D eigenvalue weighted by Crippen LogP contribution is -2.52. The smallest absolute Gasteiger partial charge is 0.407 e. The molecule has 9 nitrogen and oxygen atoms in total. The number of carbonyl (C=O) groups is 1. The van der Waals surface area contributed by atoms with E-state index in [0.717, 1.165) is 18.5 Å². The third-order valence-corrected chi connectivity index (χ3v) is 7.62. The molecule has 1 aliphatic heterocycles. The van der Waals surface area contributed by atoms with Crippen LogP contribution in [0.3, 0.4) is 0 Å². The molecule has 0 bridgehead atoms. The zero-order valence-electron chi connectivity index (χ0n) is 21.8. The number of benzene rings is 2. The number of halogens is 1. The number of fused-ring (bicyclic) bond motifs is 3. The van der Waals surface area contributed by atoms with Gasteiger partial charge >= 0.3 is 6.09 Å². The summed E-state index contributed by atoms with van der Waals surface area (Å²) in [5, 5.41) is 14.2. The average molecular weight is 539 g/mol. The molecule has 0 spiro atoms. The van der Waals surface area contributed by atoms with Gasteiger partial charge in [0.15, 0.2) is 0 Å². The molecule has 10 heteroatoms. The number of hydrogen-bond acceptors (Lipinski definition) is 6. The number of ether oxygens (including phenoxy) is 1. The van der Waals surface area contributed by atoms with Gasteiger partial charge in [0.25, 0.3) is 5.56 Å². The predicted molar refractivity (Wildman–Crippen MR) is 148 cm³/mol. The van der Waals surface area contributed by atoms with E-state index in [2.05, 4.69) is 36.1 Å². The van der Waals surface area contributed by atoms with E-state index in [4.69, 9.17) is 20.8 Å². The van der Waals surface area contributed by atoms with E-state index in [0.29, 0.717) is 57.7 Å². The fraction of sp³-hybridized carbons (Fsp3) is 0.393. The van der Waals surface area contributed by atoms with Gasteiger partial charge in [-0.15, -0.1) is 0 Å². The second-order valence-corrected chi connectivity index (χ2v) is 11.3. The Morgan fingerprint density at radius 3 is 2.76 bits per heavy atom. The summed E-state index contributed by atoms with van der Waals surface area (Å²) in [5.74, 6) is 1.32. The lowest BCUT2D eigenvalue weighted by Gasteiger charge is -2.44. The summed E-state index contributed by atoms with van der Waals surface area (Å²) in [6.45, 7) is 7.49.